The second-order valence-corrected chi connectivity index (χ2v) is 8.81. The van der Waals surface area contributed by atoms with Crippen LogP contribution in [0.1, 0.15) is 36.4 Å². The minimum Gasteiger partial charge on any atom is -0.356 e. The molecule has 0 spiro atoms. The van der Waals surface area contributed by atoms with Gasteiger partial charge in [-0.1, -0.05) is 12.1 Å². The molecule has 4 N–H and O–H groups in total. The third-order valence-corrected chi connectivity index (χ3v) is 6.37. The number of urea groups is 1. The van der Waals surface area contributed by atoms with E-state index in [-0.39, 0.29) is 29.6 Å². The Morgan fingerprint density at radius 3 is 2.58 bits per heavy atom. The first-order chi connectivity index (χ1) is 15.9. The summed E-state index contributed by atoms with van der Waals surface area (Å²) in [6.45, 7) is 3.33. The van der Waals surface area contributed by atoms with Crippen molar-refractivity contribution in [2.24, 2.45) is 11.7 Å². The number of anilines is 2. The highest BCUT2D eigenvalue weighted by Gasteiger charge is 2.44. The molecular formula is C23H26FN7O2. The van der Waals surface area contributed by atoms with E-state index in [0.717, 1.165) is 36.3 Å². The van der Waals surface area contributed by atoms with Gasteiger partial charge < -0.3 is 21.3 Å². The summed E-state index contributed by atoms with van der Waals surface area (Å²) < 4.78 is 15.0. The SMILES string of the molecule is Cc1cc2nc(NC(=O)C3CC3c3ccc(F)cc3)cc(N3CCC(NC(N)=O)CC3)n2n1. The molecule has 2 unspecified atom stereocenters. The van der Waals surface area contributed by atoms with Crippen molar-refractivity contribution >= 4 is 29.2 Å². The van der Waals surface area contributed by atoms with Crippen molar-refractivity contribution in [2.75, 3.05) is 23.3 Å². The van der Waals surface area contributed by atoms with Gasteiger partial charge in [0.1, 0.15) is 17.5 Å². The largest absolute Gasteiger partial charge is 0.356 e. The zero-order valence-electron chi connectivity index (χ0n) is 18.3. The van der Waals surface area contributed by atoms with E-state index in [9.17, 15) is 14.0 Å². The summed E-state index contributed by atoms with van der Waals surface area (Å²) in [5.41, 5.74) is 7.71. The Hall–Kier alpha value is -3.69. The average Bonchev–Trinajstić information content (AvgIpc) is 3.49. The fourth-order valence-corrected chi connectivity index (χ4v) is 4.60. The Kier molecular flexibility index (Phi) is 5.35. The highest BCUT2D eigenvalue weighted by molar-refractivity contribution is 5.95. The number of benzene rings is 1. The van der Waals surface area contributed by atoms with Crippen molar-refractivity contribution in [3.05, 3.63) is 53.5 Å². The van der Waals surface area contributed by atoms with Crippen molar-refractivity contribution in [1.82, 2.24) is 19.9 Å². The molecule has 1 saturated carbocycles. The van der Waals surface area contributed by atoms with E-state index in [4.69, 9.17) is 5.73 Å². The van der Waals surface area contributed by atoms with Gasteiger partial charge >= 0.3 is 6.03 Å². The molecule has 2 fully saturated rings. The maximum Gasteiger partial charge on any atom is 0.312 e. The number of carbonyl (C=O) groups excluding carboxylic acids is 2. The standard InChI is InChI=1S/C23H26FN7O2/c1-13-10-20-27-19(28-22(32)18-11-17(18)14-2-4-15(24)5-3-14)12-21(31(20)29-13)30-8-6-16(7-9-30)26-23(25)33/h2-5,10,12,16-18H,6-9,11H2,1H3,(H3,25,26,33)(H,27,28,32). The van der Waals surface area contributed by atoms with Crippen LogP contribution in [0, 0.1) is 18.7 Å². The van der Waals surface area contributed by atoms with Gasteiger partial charge in [0.15, 0.2) is 5.65 Å². The van der Waals surface area contributed by atoms with Gasteiger partial charge in [0, 0.05) is 37.2 Å². The minimum absolute atomic E-state index is 0.0490. The van der Waals surface area contributed by atoms with E-state index in [0.29, 0.717) is 24.6 Å². The number of rotatable bonds is 5. The molecule has 2 aromatic heterocycles. The van der Waals surface area contributed by atoms with Crippen LogP contribution in [0.15, 0.2) is 36.4 Å². The Bertz CT molecular complexity index is 1200. The van der Waals surface area contributed by atoms with Crippen LogP contribution in [0.2, 0.25) is 0 Å². The highest BCUT2D eigenvalue weighted by Crippen LogP contribution is 2.48. The Morgan fingerprint density at radius 2 is 1.88 bits per heavy atom. The predicted molar refractivity (Wildman–Crippen MR) is 122 cm³/mol. The number of nitrogens with two attached hydrogens (primary N) is 1. The van der Waals surface area contributed by atoms with E-state index in [1.165, 1.54) is 12.1 Å². The van der Waals surface area contributed by atoms with Gasteiger partial charge in [-0.2, -0.15) is 9.61 Å². The molecule has 5 rings (SSSR count). The van der Waals surface area contributed by atoms with Gasteiger partial charge in [-0.05, 0) is 49.8 Å². The third kappa shape index (κ3) is 4.46. The maximum absolute atomic E-state index is 13.2. The molecule has 172 valence electrons. The second-order valence-electron chi connectivity index (χ2n) is 8.81. The van der Waals surface area contributed by atoms with E-state index >= 15 is 0 Å². The molecular weight excluding hydrogens is 425 g/mol. The lowest BCUT2D eigenvalue weighted by Gasteiger charge is -2.33. The second kappa shape index (κ2) is 8.34. The lowest BCUT2D eigenvalue weighted by molar-refractivity contribution is -0.117. The van der Waals surface area contributed by atoms with E-state index in [2.05, 4.69) is 25.6 Å². The molecule has 1 aliphatic carbocycles. The topological polar surface area (TPSA) is 118 Å². The van der Waals surface area contributed by atoms with Gasteiger partial charge in [-0.25, -0.2) is 14.2 Å². The van der Waals surface area contributed by atoms with Gasteiger partial charge in [0.25, 0.3) is 0 Å². The van der Waals surface area contributed by atoms with Crippen LogP contribution < -0.4 is 21.3 Å². The van der Waals surface area contributed by atoms with Gasteiger partial charge in [-0.15, -0.1) is 0 Å². The Balaban J connectivity index is 1.33. The normalized spacial score (nSPS) is 20.6. The number of nitrogens with one attached hydrogen (secondary N) is 2. The molecule has 3 heterocycles. The van der Waals surface area contributed by atoms with Crippen LogP contribution in [0.5, 0.6) is 0 Å². The summed E-state index contributed by atoms with van der Waals surface area (Å²) >= 11 is 0. The molecule has 33 heavy (non-hydrogen) atoms. The molecule has 2 aliphatic rings. The van der Waals surface area contributed by atoms with Crippen LogP contribution in [-0.4, -0.2) is 45.7 Å². The summed E-state index contributed by atoms with van der Waals surface area (Å²) in [6.07, 6.45) is 2.25. The molecule has 1 saturated heterocycles. The molecule has 2 atom stereocenters. The molecule has 9 nitrogen and oxygen atoms in total. The highest BCUT2D eigenvalue weighted by atomic mass is 19.1. The van der Waals surface area contributed by atoms with Crippen molar-refractivity contribution in [1.29, 1.82) is 0 Å². The monoisotopic (exact) mass is 451 g/mol. The number of aromatic nitrogens is 3. The number of fused-ring (bicyclic) bond motifs is 1. The third-order valence-electron chi connectivity index (χ3n) is 6.37. The van der Waals surface area contributed by atoms with E-state index < -0.39 is 6.03 Å². The van der Waals surface area contributed by atoms with Gasteiger partial charge in [0.2, 0.25) is 5.91 Å². The number of piperidine rings is 1. The first-order valence-electron chi connectivity index (χ1n) is 11.1. The zero-order valence-corrected chi connectivity index (χ0v) is 18.3. The van der Waals surface area contributed by atoms with E-state index in [1.807, 2.05) is 19.1 Å². The van der Waals surface area contributed by atoms with E-state index in [1.54, 1.807) is 16.6 Å². The Morgan fingerprint density at radius 1 is 1.15 bits per heavy atom. The lowest BCUT2D eigenvalue weighted by atomic mass is 10.1. The number of aryl methyl sites for hydroxylation is 1. The molecule has 0 bridgehead atoms. The van der Waals surface area contributed by atoms with Crippen molar-refractivity contribution in [3.8, 4) is 0 Å². The summed E-state index contributed by atoms with van der Waals surface area (Å²) in [5.74, 6) is 0.891. The number of primary amides is 1. The molecule has 1 aliphatic heterocycles. The molecule has 3 aromatic rings. The number of hydrogen-bond donors (Lipinski definition) is 3. The van der Waals surface area contributed by atoms with Crippen molar-refractivity contribution in [2.45, 2.75) is 38.1 Å². The Labute approximate surface area is 190 Å². The van der Waals surface area contributed by atoms with Gasteiger partial charge in [0.05, 0.1) is 5.69 Å². The summed E-state index contributed by atoms with van der Waals surface area (Å²) in [4.78, 5) is 30.8. The van der Waals surface area contributed by atoms with Crippen LogP contribution >= 0.6 is 0 Å². The van der Waals surface area contributed by atoms with Crippen LogP contribution in [0.25, 0.3) is 5.65 Å². The number of nitrogens with zero attached hydrogens (tertiary/aromatic N) is 4. The number of amides is 3. The molecule has 3 amide bonds. The number of halogens is 1. The van der Waals surface area contributed by atoms with Crippen molar-refractivity contribution < 1.29 is 14.0 Å². The first kappa shape index (κ1) is 21.2. The molecule has 1 aromatic carbocycles. The molecule has 0 radical (unpaired) electrons. The fourth-order valence-electron chi connectivity index (χ4n) is 4.60. The molecule has 10 heteroatoms. The number of hydrogen-bond acceptors (Lipinski definition) is 5. The van der Waals surface area contributed by atoms with Crippen molar-refractivity contribution in [3.63, 3.8) is 0 Å². The van der Waals surface area contributed by atoms with Crippen LogP contribution in [-0.2, 0) is 4.79 Å². The quantitative estimate of drug-likeness (QED) is 0.551. The number of carbonyl (C=O) groups is 2. The van der Waals surface area contributed by atoms with Gasteiger partial charge in [-0.3, -0.25) is 4.79 Å². The van der Waals surface area contributed by atoms with Crippen LogP contribution in [0.4, 0.5) is 20.8 Å². The maximum atomic E-state index is 13.2. The lowest BCUT2D eigenvalue weighted by Crippen LogP contribution is -2.46. The smallest absolute Gasteiger partial charge is 0.312 e. The summed E-state index contributed by atoms with van der Waals surface area (Å²) in [5, 5.41) is 10.3. The summed E-state index contributed by atoms with van der Waals surface area (Å²) in [7, 11) is 0. The minimum atomic E-state index is -0.508. The summed E-state index contributed by atoms with van der Waals surface area (Å²) in [6, 6.07) is 9.58. The average molecular weight is 452 g/mol. The fraction of sp³-hybridized carbons (Fsp3) is 0.391. The first-order valence-corrected chi connectivity index (χ1v) is 11.1. The van der Waals surface area contributed by atoms with Crippen LogP contribution in [0.3, 0.4) is 0 Å². The zero-order chi connectivity index (χ0) is 23.1. The predicted octanol–water partition coefficient (Wildman–Crippen LogP) is 2.56.